The maximum absolute atomic E-state index is 10.8. The molecule has 0 aromatic heterocycles. The first-order valence-corrected chi connectivity index (χ1v) is 10.7. The lowest BCUT2D eigenvalue weighted by atomic mass is 9.72. The first-order chi connectivity index (χ1) is 13.9. The minimum absolute atomic E-state index is 0.222. The number of carbonyl (C=O) groups is 2. The number of hydrogen-bond acceptors (Lipinski definition) is 2. The van der Waals surface area contributed by atoms with Crippen LogP contribution in [0, 0.1) is 11.3 Å². The smallest absolute Gasteiger partial charge is 0.306 e. The fraction of sp³-hybridized carbons (Fsp3) is 0.538. The van der Waals surface area contributed by atoms with Crippen LogP contribution in [0.3, 0.4) is 0 Å². The summed E-state index contributed by atoms with van der Waals surface area (Å²) in [6.45, 7) is 14.4. The third kappa shape index (κ3) is 11.6. The average molecular weight is 417 g/mol. The summed E-state index contributed by atoms with van der Waals surface area (Å²) in [5.74, 6) is -1.83. The summed E-state index contributed by atoms with van der Waals surface area (Å²) >= 11 is 0. The molecule has 2 N–H and O–H groups in total. The summed E-state index contributed by atoms with van der Waals surface area (Å²) < 4.78 is 0. The van der Waals surface area contributed by atoms with Gasteiger partial charge in [0.15, 0.2) is 0 Å². The minimum Gasteiger partial charge on any atom is -0.481 e. The number of aliphatic carboxylic acids is 2. The summed E-state index contributed by atoms with van der Waals surface area (Å²) in [6.07, 6.45) is 17.2. The van der Waals surface area contributed by atoms with E-state index >= 15 is 0 Å². The first kappa shape index (κ1) is 27.6. The molecule has 4 heteroatoms. The van der Waals surface area contributed by atoms with Crippen LogP contribution >= 0.6 is 0 Å². The van der Waals surface area contributed by atoms with Gasteiger partial charge in [0.2, 0.25) is 0 Å². The van der Waals surface area contributed by atoms with Crippen LogP contribution in [0.4, 0.5) is 0 Å². The molecule has 0 amide bonds. The Morgan fingerprint density at radius 1 is 1.13 bits per heavy atom. The van der Waals surface area contributed by atoms with Crippen molar-refractivity contribution < 1.29 is 19.8 Å². The maximum atomic E-state index is 10.8. The lowest BCUT2D eigenvalue weighted by molar-refractivity contribution is -0.141. The highest BCUT2D eigenvalue weighted by Crippen LogP contribution is 2.40. The molecular weight excluding hydrogens is 376 g/mol. The van der Waals surface area contributed by atoms with Crippen LogP contribution in [-0.2, 0) is 9.59 Å². The van der Waals surface area contributed by atoms with Crippen molar-refractivity contribution in [2.75, 3.05) is 0 Å². The van der Waals surface area contributed by atoms with E-state index in [1.807, 2.05) is 25.2 Å². The molecule has 1 rings (SSSR count). The fourth-order valence-electron chi connectivity index (χ4n) is 3.16. The number of rotatable bonds is 8. The molecule has 0 saturated heterocycles. The molecule has 0 bridgehead atoms. The van der Waals surface area contributed by atoms with Gasteiger partial charge in [-0.25, -0.2) is 0 Å². The molecule has 1 atom stereocenters. The fourth-order valence-corrected chi connectivity index (χ4v) is 3.16. The van der Waals surface area contributed by atoms with Crippen LogP contribution in [0.2, 0.25) is 0 Å². The predicted molar refractivity (Wildman–Crippen MR) is 125 cm³/mol. The van der Waals surface area contributed by atoms with E-state index in [0.717, 1.165) is 5.57 Å². The van der Waals surface area contributed by atoms with Gasteiger partial charge in [-0.3, -0.25) is 9.59 Å². The first-order valence-electron chi connectivity index (χ1n) is 10.7. The molecule has 1 unspecified atom stereocenters. The molecule has 4 nitrogen and oxygen atoms in total. The van der Waals surface area contributed by atoms with Gasteiger partial charge in [0, 0.05) is 6.42 Å². The zero-order valence-corrected chi connectivity index (χ0v) is 19.8. The van der Waals surface area contributed by atoms with Crippen LogP contribution in [0.15, 0.2) is 58.7 Å². The molecule has 0 spiro atoms. The van der Waals surface area contributed by atoms with Gasteiger partial charge in [0.25, 0.3) is 0 Å². The molecule has 30 heavy (non-hydrogen) atoms. The zero-order valence-electron chi connectivity index (χ0n) is 19.8. The largest absolute Gasteiger partial charge is 0.481 e. The zero-order chi connectivity index (χ0) is 23.3. The lowest BCUT2D eigenvalue weighted by Crippen LogP contribution is -2.19. The van der Waals surface area contributed by atoms with Crippen LogP contribution in [0.5, 0.6) is 0 Å². The summed E-state index contributed by atoms with van der Waals surface area (Å²) in [6, 6.07) is 0. The Morgan fingerprint density at radius 2 is 1.73 bits per heavy atom. The molecule has 0 saturated carbocycles. The molecule has 168 valence electrons. The monoisotopic (exact) mass is 416 g/mol. The van der Waals surface area contributed by atoms with Crippen LogP contribution in [-0.4, -0.2) is 22.2 Å². The normalized spacial score (nSPS) is 18.4. The molecule has 0 heterocycles. The second kappa shape index (κ2) is 13.8. The Bertz CT molecular complexity index is 730. The number of carboxylic acid groups (broad SMARTS) is 2. The summed E-state index contributed by atoms with van der Waals surface area (Å²) in [4.78, 5) is 20.2. The van der Waals surface area contributed by atoms with Crippen molar-refractivity contribution in [3.63, 3.8) is 0 Å². The maximum Gasteiger partial charge on any atom is 0.306 e. The van der Waals surface area contributed by atoms with Gasteiger partial charge in [-0.1, -0.05) is 80.9 Å². The molecule has 1 aliphatic rings. The molecule has 1 aliphatic carbocycles. The number of hydrogen-bond donors (Lipinski definition) is 2. The molecule has 0 aromatic rings. The van der Waals surface area contributed by atoms with E-state index in [0.29, 0.717) is 6.42 Å². The number of carboxylic acids is 2. The van der Waals surface area contributed by atoms with Crippen molar-refractivity contribution >= 4 is 11.9 Å². The van der Waals surface area contributed by atoms with Crippen molar-refractivity contribution in [1.29, 1.82) is 0 Å². The second-order valence-electron chi connectivity index (χ2n) is 8.70. The van der Waals surface area contributed by atoms with Gasteiger partial charge in [0.1, 0.15) is 0 Å². The third-order valence-electron chi connectivity index (χ3n) is 5.29. The van der Waals surface area contributed by atoms with Crippen molar-refractivity contribution in [1.82, 2.24) is 0 Å². The molecule has 0 radical (unpaired) electrons. The highest BCUT2D eigenvalue weighted by Gasteiger charge is 2.26. The predicted octanol–water partition coefficient (Wildman–Crippen LogP) is 7.11. The van der Waals surface area contributed by atoms with E-state index in [4.69, 9.17) is 10.2 Å². The van der Waals surface area contributed by atoms with Gasteiger partial charge in [-0.05, 0) is 57.4 Å². The van der Waals surface area contributed by atoms with E-state index in [1.165, 1.54) is 36.0 Å². The summed E-state index contributed by atoms with van der Waals surface area (Å²) in [5, 5.41) is 16.6. The van der Waals surface area contributed by atoms with Crippen LogP contribution in [0.1, 0.15) is 80.6 Å². The highest BCUT2D eigenvalue weighted by atomic mass is 16.4. The van der Waals surface area contributed by atoms with Gasteiger partial charge >= 0.3 is 11.9 Å². The highest BCUT2D eigenvalue weighted by molar-refractivity contribution is 5.69. The van der Waals surface area contributed by atoms with Crippen LogP contribution < -0.4 is 0 Å². The van der Waals surface area contributed by atoms with E-state index in [2.05, 4.69) is 45.9 Å². The Labute approximate surface area is 182 Å². The van der Waals surface area contributed by atoms with Gasteiger partial charge < -0.3 is 10.2 Å². The van der Waals surface area contributed by atoms with Crippen molar-refractivity contribution in [2.24, 2.45) is 11.3 Å². The van der Waals surface area contributed by atoms with E-state index in [9.17, 15) is 9.59 Å². The summed E-state index contributed by atoms with van der Waals surface area (Å²) in [5.41, 5.74) is 5.57. The molecule has 0 aliphatic heterocycles. The standard InChI is InChI=1S/C23H34O2.C3H6O2/c1-17(12-14-20(4)22(24)25)9-7-10-18(2)13-15-21-19(3)11-8-16-23(21,5)6;1-2-3(4)5/h7,9-10,12-13,15,20H,8,11,14,16H2,1-6H3,(H,24,25);2H2,1H3,(H,4,5). The van der Waals surface area contributed by atoms with Crippen LogP contribution in [0.25, 0.3) is 0 Å². The minimum atomic E-state index is -0.746. The van der Waals surface area contributed by atoms with Crippen molar-refractivity contribution in [3.05, 3.63) is 58.7 Å². The molecule has 0 aromatic carbocycles. The molecule has 0 fully saturated rings. The third-order valence-corrected chi connectivity index (χ3v) is 5.29. The van der Waals surface area contributed by atoms with Crippen molar-refractivity contribution in [2.45, 2.75) is 80.6 Å². The van der Waals surface area contributed by atoms with E-state index < -0.39 is 11.9 Å². The Morgan fingerprint density at radius 3 is 2.23 bits per heavy atom. The summed E-state index contributed by atoms with van der Waals surface area (Å²) in [7, 11) is 0. The quantitative estimate of drug-likeness (QED) is 0.413. The SMILES string of the molecule is CC(C=CC1=C(C)CCCC1(C)C)=CC=CC(C)=CCC(C)C(=O)O.CCC(=O)O. The van der Waals surface area contributed by atoms with Crippen molar-refractivity contribution in [3.8, 4) is 0 Å². The average Bonchev–Trinajstić information content (AvgIpc) is 2.65. The second-order valence-corrected chi connectivity index (χ2v) is 8.70. The van der Waals surface area contributed by atoms with Gasteiger partial charge in [0.05, 0.1) is 5.92 Å². The number of allylic oxidation sites excluding steroid dienone is 10. The van der Waals surface area contributed by atoms with Gasteiger partial charge in [-0.2, -0.15) is 0 Å². The van der Waals surface area contributed by atoms with E-state index in [-0.39, 0.29) is 17.8 Å². The Hall–Kier alpha value is -2.36. The topological polar surface area (TPSA) is 74.6 Å². The Kier molecular flexibility index (Phi) is 12.7. The Balaban J connectivity index is 0.00000150. The lowest BCUT2D eigenvalue weighted by Gasteiger charge is -2.32. The molecular formula is C26H40O4. The van der Waals surface area contributed by atoms with Gasteiger partial charge in [-0.15, -0.1) is 0 Å². The van der Waals surface area contributed by atoms with E-state index in [1.54, 1.807) is 13.8 Å².